The number of ether oxygens (including phenoxy) is 1. The minimum atomic E-state index is -0.474. The lowest BCUT2D eigenvalue weighted by molar-refractivity contribution is -0.145. The highest BCUT2D eigenvalue weighted by Gasteiger charge is 2.28. The quantitative estimate of drug-likeness (QED) is 0.482. The Kier molecular flexibility index (Phi) is 5.34. The van der Waals surface area contributed by atoms with E-state index in [1.807, 2.05) is 55.5 Å². The molecule has 0 spiro atoms. The lowest BCUT2D eigenvalue weighted by Crippen LogP contribution is -2.44. The zero-order valence-corrected chi connectivity index (χ0v) is 16.3. The molecule has 2 aromatic carbocycles. The highest BCUT2D eigenvalue weighted by atomic mass is 32.2. The summed E-state index contributed by atoms with van der Waals surface area (Å²) in [5.41, 5.74) is 3.47. The van der Waals surface area contributed by atoms with Crippen LogP contribution in [0.25, 0.3) is 11.1 Å². The number of fused-ring (bicyclic) bond motifs is 2. The molecule has 0 bridgehead atoms. The van der Waals surface area contributed by atoms with Crippen molar-refractivity contribution in [3.8, 4) is 0 Å². The van der Waals surface area contributed by atoms with E-state index in [4.69, 9.17) is 9.15 Å². The van der Waals surface area contributed by atoms with Crippen LogP contribution in [0.5, 0.6) is 0 Å². The molecule has 0 aliphatic carbocycles. The Hall–Kier alpha value is -2.80. The van der Waals surface area contributed by atoms with Gasteiger partial charge in [0.25, 0.3) is 11.1 Å². The van der Waals surface area contributed by atoms with E-state index in [1.54, 1.807) is 4.90 Å². The Labute approximate surface area is 166 Å². The molecule has 1 aliphatic heterocycles. The van der Waals surface area contributed by atoms with Gasteiger partial charge in [0.05, 0.1) is 0 Å². The number of anilines is 1. The molecule has 144 valence electrons. The van der Waals surface area contributed by atoms with Crippen LogP contribution in [-0.4, -0.2) is 35.3 Å². The number of aromatic nitrogens is 1. The molecule has 1 amide bonds. The molecule has 0 fully saturated rings. The van der Waals surface area contributed by atoms with Crippen LogP contribution in [0.2, 0.25) is 0 Å². The molecule has 0 radical (unpaired) electrons. The van der Waals surface area contributed by atoms with Crippen LogP contribution < -0.4 is 4.90 Å². The summed E-state index contributed by atoms with van der Waals surface area (Å²) < 4.78 is 10.8. The summed E-state index contributed by atoms with van der Waals surface area (Å²) in [5, 5.41) is 0.406. The molecule has 6 nitrogen and oxygen atoms in total. The fourth-order valence-corrected chi connectivity index (χ4v) is 3.99. The van der Waals surface area contributed by atoms with Gasteiger partial charge in [0.15, 0.2) is 12.2 Å². The summed E-state index contributed by atoms with van der Waals surface area (Å²) in [6.07, 6.45) is 1.84. The first-order valence-corrected chi connectivity index (χ1v) is 10.1. The van der Waals surface area contributed by atoms with Crippen molar-refractivity contribution < 1.29 is 18.7 Å². The Bertz CT molecular complexity index is 983. The molecule has 0 saturated carbocycles. The fourth-order valence-electron chi connectivity index (χ4n) is 3.36. The monoisotopic (exact) mass is 396 g/mol. The lowest BCUT2D eigenvalue weighted by atomic mass is 9.96. The van der Waals surface area contributed by atoms with Crippen LogP contribution in [-0.2, 0) is 20.7 Å². The van der Waals surface area contributed by atoms with Crippen LogP contribution in [0, 0.1) is 0 Å². The number of hydrogen-bond acceptors (Lipinski definition) is 6. The molecule has 2 heterocycles. The van der Waals surface area contributed by atoms with Gasteiger partial charge in [0.2, 0.25) is 0 Å². The summed E-state index contributed by atoms with van der Waals surface area (Å²) in [6, 6.07) is 15.3. The van der Waals surface area contributed by atoms with Gasteiger partial charge in [0.1, 0.15) is 11.3 Å². The SMILES string of the molecule is CC1CCc2ccccc2N1C(=O)COC(=O)CSc1nc2ccccc2o1. The third kappa shape index (κ3) is 3.89. The minimum absolute atomic E-state index is 0.0340. The first-order chi connectivity index (χ1) is 13.6. The number of para-hydroxylation sites is 3. The van der Waals surface area contributed by atoms with Crippen molar-refractivity contribution in [3.05, 3.63) is 54.1 Å². The number of esters is 1. The summed E-state index contributed by atoms with van der Waals surface area (Å²) in [6.45, 7) is 1.74. The number of hydrogen-bond donors (Lipinski definition) is 0. The Morgan fingerprint density at radius 2 is 2.00 bits per heavy atom. The van der Waals surface area contributed by atoms with Crippen LogP contribution in [0.4, 0.5) is 5.69 Å². The normalized spacial score (nSPS) is 16.0. The smallest absolute Gasteiger partial charge is 0.316 e. The second-order valence-electron chi connectivity index (χ2n) is 6.68. The van der Waals surface area contributed by atoms with Crippen LogP contribution in [0.15, 0.2) is 58.2 Å². The maximum absolute atomic E-state index is 12.7. The van der Waals surface area contributed by atoms with Crippen LogP contribution in [0.1, 0.15) is 18.9 Å². The third-order valence-electron chi connectivity index (χ3n) is 4.74. The molecule has 4 rings (SSSR count). The first-order valence-electron chi connectivity index (χ1n) is 9.16. The molecule has 0 N–H and O–H groups in total. The molecule has 1 unspecified atom stereocenters. The Morgan fingerprint density at radius 1 is 1.21 bits per heavy atom. The van der Waals surface area contributed by atoms with Gasteiger partial charge >= 0.3 is 5.97 Å². The number of carbonyl (C=O) groups is 2. The second-order valence-corrected chi connectivity index (χ2v) is 7.60. The molecule has 1 atom stereocenters. The van der Waals surface area contributed by atoms with Crippen LogP contribution in [0.3, 0.4) is 0 Å². The number of carbonyl (C=O) groups excluding carboxylic acids is 2. The van der Waals surface area contributed by atoms with Crippen molar-refractivity contribution in [2.45, 2.75) is 31.0 Å². The van der Waals surface area contributed by atoms with Crippen molar-refractivity contribution >= 4 is 40.4 Å². The van der Waals surface area contributed by atoms with Gasteiger partial charge < -0.3 is 14.1 Å². The van der Waals surface area contributed by atoms with E-state index >= 15 is 0 Å². The molecular formula is C21H20N2O4S. The van der Waals surface area contributed by atoms with Gasteiger partial charge in [-0.2, -0.15) is 0 Å². The minimum Gasteiger partial charge on any atom is -0.455 e. The van der Waals surface area contributed by atoms with E-state index in [-0.39, 0.29) is 24.3 Å². The number of amides is 1. The molecule has 7 heteroatoms. The zero-order chi connectivity index (χ0) is 19.5. The second kappa shape index (κ2) is 8.06. The molecule has 28 heavy (non-hydrogen) atoms. The summed E-state index contributed by atoms with van der Waals surface area (Å²) in [7, 11) is 0. The van der Waals surface area contributed by atoms with E-state index in [2.05, 4.69) is 4.98 Å². The van der Waals surface area contributed by atoms with Gasteiger partial charge in [0, 0.05) is 11.7 Å². The van der Waals surface area contributed by atoms with E-state index in [9.17, 15) is 9.59 Å². The van der Waals surface area contributed by atoms with Gasteiger partial charge in [-0.05, 0) is 43.5 Å². The maximum atomic E-state index is 12.7. The third-order valence-corrected chi connectivity index (χ3v) is 5.54. The number of oxazole rings is 1. The average Bonchev–Trinajstić information content (AvgIpc) is 3.13. The summed E-state index contributed by atoms with van der Waals surface area (Å²) >= 11 is 1.15. The van der Waals surface area contributed by atoms with Crippen molar-refractivity contribution in [1.29, 1.82) is 0 Å². The molecule has 1 aliphatic rings. The Morgan fingerprint density at radius 3 is 2.86 bits per heavy atom. The standard InChI is InChI=1S/C21H20N2O4S/c1-14-10-11-15-6-2-4-8-17(15)23(14)19(24)12-26-20(25)13-28-21-22-16-7-3-5-9-18(16)27-21/h2-9,14H,10-13H2,1H3. The average molecular weight is 396 g/mol. The number of aryl methyl sites for hydroxylation is 1. The number of benzene rings is 2. The van der Waals surface area contributed by atoms with E-state index < -0.39 is 5.97 Å². The number of thioether (sulfide) groups is 1. The number of rotatable bonds is 5. The van der Waals surface area contributed by atoms with Crippen LogP contribution >= 0.6 is 11.8 Å². The van der Waals surface area contributed by atoms with Crippen molar-refractivity contribution in [1.82, 2.24) is 4.98 Å². The molecule has 0 saturated heterocycles. The van der Waals surface area contributed by atoms with E-state index in [0.717, 1.165) is 41.4 Å². The van der Waals surface area contributed by atoms with Gasteiger partial charge in [-0.25, -0.2) is 4.98 Å². The predicted molar refractivity (Wildman–Crippen MR) is 107 cm³/mol. The van der Waals surface area contributed by atoms with Gasteiger partial charge in [-0.15, -0.1) is 0 Å². The molecule has 1 aromatic heterocycles. The van der Waals surface area contributed by atoms with Gasteiger partial charge in [-0.3, -0.25) is 9.59 Å². The predicted octanol–water partition coefficient (Wildman–Crippen LogP) is 3.83. The summed E-state index contributed by atoms with van der Waals surface area (Å²) in [5.74, 6) is -0.648. The fraction of sp³-hybridized carbons (Fsp3) is 0.286. The largest absolute Gasteiger partial charge is 0.455 e. The van der Waals surface area contributed by atoms with Crippen molar-refractivity contribution in [2.24, 2.45) is 0 Å². The molecular weight excluding hydrogens is 376 g/mol. The molecule has 3 aromatic rings. The Balaban J connectivity index is 1.32. The first kappa shape index (κ1) is 18.6. The topological polar surface area (TPSA) is 72.6 Å². The highest BCUT2D eigenvalue weighted by molar-refractivity contribution is 7.99. The van der Waals surface area contributed by atoms with Crippen molar-refractivity contribution in [3.63, 3.8) is 0 Å². The van der Waals surface area contributed by atoms with Gasteiger partial charge in [-0.1, -0.05) is 42.1 Å². The maximum Gasteiger partial charge on any atom is 0.316 e. The van der Waals surface area contributed by atoms with E-state index in [1.165, 1.54) is 0 Å². The van der Waals surface area contributed by atoms with Crippen molar-refractivity contribution in [2.75, 3.05) is 17.3 Å². The van der Waals surface area contributed by atoms with E-state index in [0.29, 0.717) is 10.8 Å². The summed E-state index contributed by atoms with van der Waals surface area (Å²) in [4.78, 5) is 30.8. The highest BCUT2D eigenvalue weighted by Crippen LogP contribution is 2.30. The lowest BCUT2D eigenvalue weighted by Gasteiger charge is -2.35. The zero-order valence-electron chi connectivity index (χ0n) is 15.5. The number of nitrogens with zero attached hydrogens (tertiary/aromatic N) is 2.